The minimum Gasteiger partial charge on any atom is -0.508 e. The molecule has 0 fully saturated rings. The number of hydrogen-bond donors (Lipinski definition) is 25. The van der Waals surface area contributed by atoms with Crippen LogP contribution in [0.3, 0.4) is 0 Å². The Morgan fingerprint density at radius 2 is 0.802 bits per heavy atom. The number of nitrogens with one attached hydrogen (secondary N) is 17. The Kier molecular flexibility index (Phi) is 43.2. The molecule has 614 valence electrons. The monoisotopic (exact) mass is 1570 g/mol. The van der Waals surface area contributed by atoms with Gasteiger partial charge in [-0.25, -0.2) is 4.79 Å². The highest BCUT2D eigenvalue weighted by atomic mass is 16.4. The highest BCUT2D eigenvalue weighted by molar-refractivity contribution is 5.99. The van der Waals surface area contributed by atoms with E-state index in [-0.39, 0.29) is 50.3 Å². The predicted octanol–water partition coefficient (Wildman–Crippen LogP) is -9.47. The molecular weight excluding hydrogens is 1460 g/mol. The molecule has 0 bridgehead atoms. The highest BCUT2D eigenvalue weighted by Gasteiger charge is 2.35. The molecule has 0 heterocycles. The minimum absolute atomic E-state index is 0.0000371. The summed E-state index contributed by atoms with van der Waals surface area (Å²) in [6.07, 6.45) is -1.94. The Hall–Kier alpha value is -12.2. The second kappa shape index (κ2) is 50.5. The average Bonchev–Trinajstić information content (AvgIpc) is 0.850. The van der Waals surface area contributed by atoms with E-state index in [1.807, 2.05) is 13.8 Å². The molecular formula is C68H104N20O23. The first-order valence-electron chi connectivity index (χ1n) is 35.3. The van der Waals surface area contributed by atoms with Gasteiger partial charge in [0.2, 0.25) is 94.5 Å². The van der Waals surface area contributed by atoms with Crippen molar-refractivity contribution < 1.29 is 112 Å². The first-order chi connectivity index (χ1) is 52.4. The number of aliphatic carboxylic acids is 2. The molecule has 0 aliphatic rings. The van der Waals surface area contributed by atoms with Crippen LogP contribution in [0.1, 0.15) is 104 Å². The molecule has 0 spiro atoms. The van der Waals surface area contributed by atoms with Crippen LogP contribution in [0.4, 0.5) is 0 Å². The third kappa shape index (κ3) is 39.0. The molecule has 0 aromatic heterocycles. The lowest BCUT2D eigenvalue weighted by Crippen LogP contribution is -2.60. The highest BCUT2D eigenvalue weighted by Crippen LogP contribution is 2.14. The zero-order valence-electron chi connectivity index (χ0n) is 62.1. The van der Waals surface area contributed by atoms with E-state index in [4.69, 9.17) is 22.6 Å². The van der Waals surface area contributed by atoms with E-state index in [0.29, 0.717) is 24.0 Å². The van der Waals surface area contributed by atoms with Crippen molar-refractivity contribution in [1.29, 1.82) is 5.41 Å². The van der Waals surface area contributed by atoms with E-state index >= 15 is 0 Å². The van der Waals surface area contributed by atoms with Crippen molar-refractivity contribution in [2.24, 2.45) is 29.0 Å². The van der Waals surface area contributed by atoms with Gasteiger partial charge in [0.05, 0.1) is 58.5 Å². The summed E-state index contributed by atoms with van der Waals surface area (Å²) in [7, 11) is 0. The maximum absolute atomic E-state index is 13.9. The topological polar surface area (TPSA) is 703 Å². The van der Waals surface area contributed by atoms with E-state index in [1.165, 1.54) is 38.1 Å². The number of aliphatic hydroxyl groups is 2. The van der Waals surface area contributed by atoms with Gasteiger partial charge in [0.15, 0.2) is 5.96 Å². The van der Waals surface area contributed by atoms with Gasteiger partial charge < -0.3 is 128 Å². The van der Waals surface area contributed by atoms with Crippen LogP contribution in [0.5, 0.6) is 5.75 Å². The van der Waals surface area contributed by atoms with Crippen molar-refractivity contribution >= 4 is 112 Å². The van der Waals surface area contributed by atoms with Gasteiger partial charge in [0, 0.05) is 32.2 Å². The zero-order valence-corrected chi connectivity index (χ0v) is 62.1. The van der Waals surface area contributed by atoms with Gasteiger partial charge in [-0.15, -0.1) is 0 Å². The van der Waals surface area contributed by atoms with E-state index < -0.39 is 257 Å². The van der Waals surface area contributed by atoms with Crippen LogP contribution in [0.25, 0.3) is 0 Å². The van der Waals surface area contributed by atoms with Crippen molar-refractivity contribution in [2.75, 3.05) is 59.0 Å². The fraction of sp³-hybridized carbons (Fsp3) is 0.544. The van der Waals surface area contributed by atoms with E-state index in [1.54, 1.807) is 37.3 Å². The van der Waals surface area contributed by atoms with Gasteiger partial charge >= 0.3 is 11.9 Å². The van der Waals surface area contributed by atoms with E-state index in [9.17, 15) is 112 Å². The van der Waals surface area contributed by atoms with Crippen LogP contribution < -0.4 is 102 Å². The van der Waals surface area contributed by atoms with Crippen LogP contribution in [-0.4, -0.2) is 257 Å². The molecule has 2 aromatic carbocycles. The number of hydrogen-bond acceptors (Lipinski definition) is 23. The van der Waals surface area contributed by atoms with Crippen LogP contribution in [0, 0.1) is 17.2 Å². The molecule has 16 amide bonds. The lowest BCUT2D eigenvalue weighted by molar-refractivity contribution is -0.142. The number of nitrogens with two attached hydrogens (primary N) is 3. The first-order valence-corrected chi connectivity index (χ1v) is 35.3. The maximum Gasteiger partial charge on any atom is 0.326 e. The number of benzene rings is 2. The number of carboxylic acids is 2. The van der Waals surface area contributed by atoms with Crippen LogP contribution in [-0.2, 0) is 99.1 Å². The molecule has 0 aliphatic carbocycles. The third-order valence-electron chi connectivity index (χ3n) is 15.9. The molecule has 0 saturated heterocycles. The molecule has 43 heteroatoms. The molecule has 28 N–H and O–H groups in total. The molecule has 10 unspecified atom stereocenters. The summed E-state index contributed by atoms with van der Waals surface area (Å²) >= 11 is 0. The second-order valence-electron chi connectivity index (χ2n) is 26.1. The summed E-state index contributed by atoms with van der Waals surface area (Å²) in [5.41, 5.74) is 17.6. The number of carbonyl (C=O) groups excluding carboxylic acids is 16. The van der Waals surface area contributed by atoms with Crippen molar-refractivity contribution in [3.05, 3.63) is 65.7 Å². The SMILES string of the molecule is CCCC(NC(=O)CNC(=O)C(N)CC(C)C)C(=O)NCC(=O)NC(CCC(N)=O)C(=O)NCC(=O)NC(CCCNC(=N)N)C(=O)NC(CO)C(=O)NC(C(=O)NC(CCC(=O)O)C(=O)NCC(=O)NC(CO)C(=O)NCC(=O)NCC(=O)NC(Cc1ccccc1)C(=O)NC(Cc1ccc(O)cc1)C(=O)O)C(C)C. The van der Waals surface area contributed by atoms with Crippen molar-refractivity contribution in [3.8, 4) is 5.75 Å². The lowest BCUT2D eigenvalue weighted by Gasteiger charge is -2.27. The van der Waals surface area contributed by atoms with Crippen LogP contribution in [0.2, 0.25) is 0 Å². The van der Waals surface area contributed by atoms with Gasteiger partial charge in [0.25, 0.3) is 0 Å². The van der Waals surface area contributed by atoms with Crippen molar-refractivity contribution in [2.45, 2.75) is 166 Å². The Morgan fingerprint density at radius 3 is 1.27 bits per heavy atom. The number of primary amides is 1. The quantitative estimate of drug-likeness (QED) is 0.0166. The van der Waals surface area contributed by atoms with Crippen LogP contribution >= 0.6 is 0 Å². The fourth-order valence-corrected chi connectivity index (χ4v) is 10.1. The minimum atomic E-state index is -1.89. The number of aliphatic hydroxyl groups excluding tert-OH is 2. The van der Waals surface area contributed by atoms with Gasteiger partial charge in [-0.05, 0) is 73.6 Å². The molecule has 43 nitrogen and oxygen atoms in total. The molecule has 0 radical (unpaired) electrons. The van der Waals surface area contributed by atoms with Crippen molar-refractivity contribution in [1.82, 2.24) is 85.1 Å². The summed E-state index contributed by atoms with van der Waals surface area (Å²) < 4.78 is 0. The zero-order chi connectivity index (χ0) is 83.4. The first kappa shape index (κ1) is 94.9. The number of phenolic OH excluding ortho intramolecular Hbond substituents is 1. The summed E-state index contributed by atoms with van der Waals surface area (Å²) in [6.45, 7) is 1.29. The number of carbonyl (C=O) groups is 18. The molecule has 10 atom stereocenters. The number of guanidine groups is 1. The van der Waals surface area contributed by atoms with Gasteiger partial charge in [-0.2, -0.15) is 0 Å². The van der Waals surface area contributed by atoms with Crippen molar-refractivity contribution in [3.63, 3.8) is 0 Å². The number of amides is 16. The molecule has 111 heavy (non-hydrogen) atoms. The smallest absolute Gasteiger partial charge is 0.326 e. The third-order valence-corrected chi connectivity index (χ3v) is 15.9. The fourth-order valence-electron chi connectivity index (χ4n) is 10.1. The summed E-state index contributed by atoms with van der Waals surface area (Å²) in [5.74, 6) is -19.9. The lowest BCUT2D eigenvalue weighted by atomic mass is 10.0. The van der Waals surface area contributed by atoms with Crippen LogP contribution in [0.15, 0.2) is 54.6 Å². The molecule has 0 saturated carbocycles. The number of rotatable bonds is 52. The number of phenols is 1. The Bertz CT molecular complexity index is 3550. The maximum atomic E-state index is 13.9. The Morgan fingerprint density at radius 1 is 0.414 bits per heavy atom. The predicted molar refractivity (Wildman–Crippen MR) is 391 cm³/mol. The molecule has 2 aromatic rings. The molecule has 2 rings (SSSR count). The summed E-state index contributed by atoms with van der Waals surface area (Å²) in [5, 5.41) is 93.7. The number of carboxylic acid groups (broad SMARTS) is 2. The van der Waals surface area contributed by atoms with Gasteiger partial charge in [-0.3, -0.25) is 86.9 Å². The molecule has 0 aliphatic heterocycles. The van der Waals surface area contributed by atoms with Gasteiger partial charge in [0.1, 0.15) is 60.1 Å². The normalized spacial score (nSPS) is 13.5. The standard InChI is InChI=1S/C68H104N20O23/c1-6-11-41(80-52(95)29-75-58(101)40(69)24-35(2)3)59(102)77-31-54(97)82-43(19-21-49(70)92)60(103)78-30-53(96)81-42(14-10-23-73-68(71)72)63(106)87-48(34-90)65(108)88-57(36(4)5)66(109)85-44(20-22-56(99)100)61(104)79-32-55(98)84-47(33-89)62(105)76-27-50(93)74-28-51(94)83-45(25-37-12-8-7-9-13-37)64(107)86-46(67(110)111)26-38-15-17-39(91)18-16-38/h7-9,12-13,15-18,35-36,40-48,57,89-91H,6,10-11,14,19-34,69H2,1-5H3,(H2,70,92)(H,74,93)(H,75,101)(H,76,105)(H,77,102)(H,78,103)(H,79,104)(H,80,95)(H,81,96)(H,82,97)(H,83,94)(H,84,98)(H,85,109)(H,86,107)(H,87,106)(H,88,108)(H,99,100)(H,110,111)(H4,71,72,73). The van der Waals surface area contributed by atoms with Gasteiger partial charge in [-0.1, -0.05) is 83.5 Å². The largest absolute Gasteiger partial charge is 0.508 e. The number of aromatic hydroxyl groups is 1. The Labute approximate surface area is 637 Å². The van der Waals surface area contributed by atoms with E-state index in [0.717, 1.165) is 0 Å². The Balaban J connectivity index is 2.10. The summed E-state index contributed by atoms with van der Waals surface area (Å²) in [4.78, 5) is 234. The average molecular weight is 1570 g/mol. The summed E-state index contributed by atoms with van der Waals surface area (Å²) in [6, 6.07) is -1.12. The second-order valence-corrected chi connectivity index (χ2v) is 26.1. The van der Waals surface area contributed by atoms with E-state index in [2.05, 4.69) is 85.1 Å².